The summed E-state index contributed by atoms with van der Waals surface area (Å²) in [6.45, 7) is 0. The standard InChI is InChI=1S/C19H14N4O3/c24-17-7-6-16(22-23-17)11-2-1-3-14(9-11)20-19(26)12-4-5-15-13(8-12)10-18(25)21-15/h1-9H,10H2,(H,20,26)(H,21,25)(H,23,24). The number of hydrogen-bond donors (Lipinski definition) is 3. The monoisotopic (exact) mass is 346 g/mol. The van der Waals surface area contributed by atoms with Gasteiger partial charge in [0.2, 0.25) is 5.91 Å². The lowest BCUT2D eigenvalue weighted by Gasteiger charge is -2.08. The molecule has 3 N–H and O–H groups in total. The smallest absolute Gasteiger partial charge is 0.264 e. The molecule has 4 rings (SSSR count). The molecule has 2 aromatic carbocycles. The number of carbonyl (C=O) groups excluding carboxylic acids is 2. The molecule has 1 aliphatic rings. The topological polar surface area (TPSA) is 104 Å². The second-order valence-electron chi connectivity index (χ2n) is 5.94. The van der Waals surface area contributed by atoms with Gasteiger partial charge in [-0.25, -0.2) is 5.10 Å². The first kappa shape index (κ1) is 15.8. The van der Waals surface area contributed by atoms with E-state index >= 15 is 0 Å². The first-order chi connectivity index (χ1) is 12.6. The van der Waals surface area contributed by atoms with Crippen LogP contribution in [0.4, 0.5) is 11.4 Å². The minimum atomic E-state index is -0.275. The maximum absolute atomic E-state index is 12.5. The Morgan fingerprint density at radius 2 is 1.92 bits per heavy atom. The summed E-state index contributed by atoms with van der Waals surface area (Å²) in [7, 11) is 0. The molecule has 0 radical (unpaired) electrons. The molecule has 0 saturated heterocycles. The van der Waals surface area contributed by atoms with E-state index in [2.05, 4.69) is 20.8 Å². The molecule has 2 amide bonds. The van der Waals surface area contributed by atoms with Crippen LogP contribution >= 0.6 is 0 Å². The zero-order valence-electron chi connectivity index (χ0n) is 13.6. The molecular formula is C19H14N4O3. The van der Waals surface area contributed by atoms with Crippen molar-refractivity contribution in [2.45, 2.75) is 6.42 Å². The van der Waals surface area contributed by atoms with Crippen LogP contribution in [-0.2, 0) is 11.2 Å². The minimum absolute atomic E-state index is 0.0707. The van der Waals surface area contributed by atoms with E-state index in [0.717, 1.165) is 16.8 Å². The van der Waals surface area contributed by atoms with Crippen molar-refractivity contribution < 1.29 is 9.59 Å². The van der Waals surface area contributed by atoms with E-state index in [-0.39, 0.29) is 23.8 Å². The first-order valence-corrected chi connectivity index (χ1v) is 7.99. The zero-order valence-corrected chi connectivity index (χ0v) is 13.6. The van der Waals surface area contributed by atoms with Crippen LogP contribution in [0.25, 0.3) is 11.3 Å². The second-order valence-corrected chi connectivity index (χ2v) is 5.94. The summed E-state index contributed by atoms with van der Waals surface area (Å²) in [4.78, 5) is 35.1. The Bertz CT molecular complexity index is 1070. The lowest BCUT2D eigenvalue weighted by molar-refractivity contribution is -0.115. The summed E-state index contributed by atoms with van der Waals surface area (Å²) in [5.74, 6) is -0.336. The van der Waals surface area contributed by atoms with Crippen LogP contribution < -0.4 is 16.2 Å². The fraction of sp³-hybridized carbons (Fsp3) is 0.0526. The van der Waals surface area contributed by atoms with Crippen LogP contribution in [0.5, 0.6) is 0 Å². The summed E-state index contributed by atoms with van der Waals surface area (Å²) >= 11 is 0. The number of H-pyrrole nitrogens is 1. The predicted octanol–water partition coefficient (Wildman–Crippen LogP) is 2.18. The Labute approximate surface area is 148 Å². The third kappa shape index (κ3) is 3.10. The largest absolute Gasteiger partial charge is 0.326 e. The van der Waals surface area contributed by atoms with Crippen LogP contribution in [0.15, 0.2) is 59.4 Å². The number of carbonyl (C=O) groups is 2. The van der Waals surface area contributed by atoms with Crippen molar-refractivity contribution in [3.63, 3.8) is 0 Å². The van der Waals surface area contributed by atoms with Crippen molar-refractivity contribution in [2.24, 2.45) is 0 Å². The maximum atomic E-state index is 12.5. The fourth-order valence-electron chi connectivity index (χ4n) is 2.84. The van der Waals surface area contributed by atoms with Gasteiger partial charge < -0.3 is 10.6 Å². The predicted molar refractivity (Wildman–Crippen MR) is 97.0 cm³/mol. The Balaban J connectivity index is 1.56. The molecule has 0 aliphatic carbocycles. The average Bonchev–Trinajstić information content (AvgIpc) is 3.01. The number of nitrogens with one attached hydrogen (secondary N) is 3. The molecule has 7 heteroatoms. The van der Waals surface area contributed by atoms with Crippen LogP contribution in [0.2, 0.25) is 0 Å². The van der Waals surface area contributed by atoms with Gasteiger partial charge in [-0.3, -0.25) is 14.4 Å². The summed E-state index contributed by atoms with van der Waals surface area (Å²) < 4.78 is 0. The number of hydrogen-bond acceptors (Lipinski definition) is 4. The van der Waals surface area contributed by atoms with Gasteiger partial charge in [0.15, 0.2) is 0 Å². The van der Waals surface area contributed by atoms with Crippen LogP contribution in [0, 0.1) is 0 Å². The van der Waals surface area contributed by atoms with Gasteiger partial charge in [0, 0.05) is 28.6 Å². The SMILES string of the molecule is O=C1Cc2cc(C(=O)Nc3cccc(-c4ccc(=O)[nH]n4)c3)ccc2N1. The molecule has 0 unspecified atom stereocenters. The van der Waals surface area contributed by atoms with Crippen LogP contribution in [0.1, 0.15) is 15.9 Å². The average molecular weight is 346 g/mol. The molecule has 128 valence electrons. The number of nitrogens with zero attached hydrogens (tertiary/aromatic N) is 1. The van der Waals surface area contributed by atoms with E-state index in [1.54, 1.807) is 42.5 Å². The summed E-state index contributed by atoms with van der Waals surface area (Å²) in [5, 5.41) is 11.9. The fourth-order valence-corrected chi connectivity index (χ4v) is 2.84. The molecule has 0 saturated carbocycles. The van der Waals surface area contributed by atoms with E-state index in [1.807, 2.05) is 6.07 Å². The molecule has 0 spiro atoms. The highest BCUT2D eigenvalue weighted by atomic mass is 16.2. The van der Waals surface area contributed by atoms with Gasteiger partial charge in [0.1, 0.15) is 0 Å². The first-order valence-electron chi connectivity index (χ1n) is 7.99. The van der Waals surface area contributed by atoms with Gasteiger partial charge in [-0.2, -0.15) is 5.10 Å². The zero-order chi connectivity index (χ0) is 18.1. The van der Waals surface area contributed by atoms with Crippen molar-refractivity contribution in [2.75, 3.05) is 10.6 Å². The van der Waals surface area contributed by atoms with Crippen LogP contribution in [0.3, 0.4) is 0 Å². The molecule has 0 bridgehead atoms. The number of benzene rings is 2. The van der Waals surface area contributed by atoms with Gasteiger partial charge in [-0.15, -0.1) is 0 Å². The summed E-state index contributed by atoms with van der Waals surface area (Å²) in [5.41, 5.74) is 3.74. The molecule has 26 heavy (non-hydrogen) atoms. The Morgan fingerprint density at radius 3 is 2.73 bits per heavy atom. The van der Waals surface area contributed by atoms with E-state index in [9.17, 15) is 14.4 Å². The number of aromatic amines is 1. The van der Waals surface area contributed by atoms with Crippen molar-refractivity contribution in [1.82, 2.24) is 10.2 Å². The van der Waals surface area contributed by atoms with Gasteiger partial charge in [0.25, 0.3) is 11.5 Å². The molecule has 1 aliphatic heterocycles. The summed E-state index contributed by atoms with van der Waals surface area (Å²) in [6, 6.07) is 15.3. The second kappa shape index (κ2) is 6.29. The molecule has 1 aromatic heterocycles. The van der Waals surface area contributed by atoms with Gasteiger partial charge in [0.05, 0.1) is 12.1 Å². The van der Waals surface area contributed by atoms with E-state index in [4.69, 9.17) is 0 Å². The molecular weight excluding hydrogens is 332 g/mol. The maximum Gasteiger partial charge on any atom is 0.264 e. The number of amides is 2. The minimum Gasteiger partial charge on any atom is -0.326 e. The normalized spacial score (nSPS) is 12.4. The molecule has 3 aromatic rings. The Hall–Kier alpha value is -3.74. The lowest BCUT2D eigenvalue weighted by atomic mass is 10.1. The number of aromatic nitrogens is 2. The molecule has 0 fully saturated rings. The van der Waals surface area contributed by atoms with E-state index < -0.39 is 0 Å². The van der Waals surface area contributed by atoms with Crippen LogP contribution in [-0.4, -0.2) is 22.0 Å². The highest BCUT2D eigenvalue weighted by Gasteiger charge is 2.19. The third-order valence-corrected chi connectivity index (χ3v) is 4.09. The Kier molecular flexibility index (Phi) is 3.81. The van der Waals surface area contributed by atoms with Crippen molar-refractivity contribution in [3.05, 3.63) is 76.1 Å². The summed E-state index contributed by atoms with van der Waals surface area (Å²) in [6.07, 6.45) is 0.282. The van der Waals surface area contributed by atoms with E-state index in [1.165, 1.54) is 6.07 Å². The van der Waals surface area contributed by atoms with Gasteiger partial charge in [-0.05, 0) is 42.0 Å². The van der Waals surface area contributed by atoms with E-state index in [0.29, 0.717) is 16.9 Å². The molecule has 7 nitrogen and oxygen atoms in total. The lowest BCUT2D eigenvalue weighted by Crippen LogP contribution is -2.12. The van der Waals surface area contributed by atoms with Crippen molar-refractivity contribution >= 4 is 23.2 Å². The molecule has 0 atom stereocenters. The molecule has 2 heterocycles. The van der Waals surface area contributed by atoms with Crippen molar-refractivity contribution in [1.29, 1.82) is 0 Å². The number of anilines is 2. The van der Waals surface area contributed by atoms with Gasteiger partial charge in [-0.1, -0.05) is 12.1 Å². The number of fused-ring (bicyclic) bond motifs is 1. The highest BCUT2D eigenvalue weighted by molar-refractivity contribution is 6.06. The van der Waals surface area contributed by atoms with Gasteiger partial charge >= 0.3 is 0 Å². The highest BCUT2D eigenvalue weighted by Crippen LogP contribution is 2.25. The third-order valence-electron chi connectivity index (χ3n) is 4.09. The van der Waals surface area contributed by atoms with Crippen molar-refractivity contribution in [3.8, 4) is 11.3 Å². The Morgan fingerprint density at radius 1 is 1.04 bits per heavy atom. The number of rotatable bonds is 3. The quantitative estimate of drug-likeness (QED) is 0.676.